The quantitative estimate of drug-likeness (QED) is 0.269. The number of carbonyl (C=O) groups is 1. The Morgan fingerprint density at radius 1 is 1.03 bits per heavy atom. The van der Waals surface area contributed by atoms with Crippen molar-refractivity contribution in [1.82, 2.24) is 10.3 Å². The normalized spacial score (nSPS) is 11.6. The largest absolute Gasteiger partial charge is 0.419 e. The van der Waals surface area contributed by atoms with Crippen molar-refractivity contribution in [3.8, 4) is 5.88 Å². The van der Waals surface area contributed by atoms with Crippen LogP contribution in [0.3, 0.4) is 0 Å². The molecule has 34 heavy (non-hydrogen) atoms. The van der Waals surface area contributed by atoms with Crippen molar-refractivity contribution in [3.05, 3.63) is 89.2 Å². The van der Waals surface area contributed by atoms with E-state index in [9.17, 15) is 22.4 Å². The van der Waals surface area contributed by atoms with Gasteiger partial charge in [0.05, 0.1) is 10.5 Å². The number of benzene rings is 3. The monoisotopic (exact) mass is 489 g/mol. The van der Waals surface area contributed by atoms with Crippen molar-refractivity contribution < 1.29 is 27.1 Å². The van der Waals surface area contributed by atoms with Crippen LogP contribution in [0, 0.1) is 5.82 Å². The first-order valence-corrected chi connectivity index (χ1v) is 10.9. The van der Waals surface area contributed by atoms with Crippen molar-refractivity contribution >= 4 is 28.8 Å². The number of H-pyrrole nitrogens is 1. The molecule has 10 heteroatoms. The summed E-state index contributed by atoms with van der Waals surface area (Å²) in [6, 6.07) is 18.2. The van der Waals surface area contributed by atoms with E-state index in [2.05, 4.69) is 10.3 Å². The number of aromatic nitrogens is 1. The van der Waals surface area contributed by atoms with Gasteiger partial charge in [-0.2, -0.15) is 13.2 Å². The average Bonchev–Trinajstić information content (AvgIpc) is 3.10. The zero-order chi connectivity index (χ0) is 24.3. The molecule has 0 bridgehead atoms. The minimum atomic E-state index is -4.75. The lowest BCUT2D eigenvalue weighted by atomic mass is 10.1. The van der Waals surface area contributed by atoms with Crippen LogP contribution in [-0.4, -0.2) is 11.1 Å². The molecule has 0 spiro atoms. The van der Waals surface area contributed by atoms with Gasteiger partial charge < -0.3 is 20.8 Å². The Labute approximate surface area is 196 Å². The van der Waals surface area contributed by atoms with Gasteiger partial charge in [-0.15, -0.1) is 0 Å². The highest BCUT2D eigenvalue weighted by Crippen LogP contribution is 2.41. The Morgan fingerprint density at radius 3 is 2.50 bits per heavy atom. The zero-order valence-corrected chi connectivity index (χ0v) is 18.4. The summed E-state index contributed by atoms with van der Waals surface area (Å²) in [5, 5.41) is 3.77. The molecule has 0 atom stereocenters. The first kappa shape index (κ1) is 23.7. The number of ether oxygens (including phenoxy) is 1. The number of nitrogens with one attached hydrogen (secondary N) is 2. The number of alkyl halides is 3. The van der Waals surface area contributed by atoms with Gasteiger partial charge in [0.25, 0.3) is 0 Å². The second-order valence-electron chi connectivity index (χ2n) is 7.38. The van der Waals surface area contributed by atoms with E-state index in [1.807, 2.05) is 48.5 Å². The molecule has 0 saturated heterocycles. The standard InChI is InChI=1S/C24H19F4N3O2S/c25-20-15(5-4-8-18(20)24(26,27)28)13-30-12-14-9-10-17-19(11-14)31-22(33-23(29)32)21(17)34-16-6-2-1-3-7-16/h1-11,30-31H,12-13H2,(H2,29,32). The molecule has 1 aromatic heterocycles. The lowest BCUT2D eigenvalue weighted by molar-refractivity contribution is -0.140. The molecule has 5 nitrogen and oxygen atoms in total. The number of rotatable bonds is 7. The zero-order valence-electron chi connectivity index (χ0n) is 17.6. The van der Waals surface area contributed by atoms with Gasteiger partial charge in [0.1, 0.15) is 5.82 Å². The number of aromatic amines is 1. The van der Waals surface area contributed by atoms with Crippen LogP contribution in [0.2, 0.25) is 0 Å². The predicted molar refractivity (Wildman–Crippen MR) is 121 cm³/mol. The molecule has 0 fully saturated rings. The smallest absolute Gasteiger partial charge is 0.392 e. The van der Waals surface area contributed by atoms with Crippen LogP contribution < -0.4 is 15.8 Å². The molecule has 4 N–H and O–H groups in total. The molecular formula is C24H19F4N3O2S. The summed E-state index contributed by atoms with van der Waals surface area (Å²) in [5.41, 5.74) is 5.32. The number of hydrogen-bond acceptors (Lipinski definition) is 4. The fraction of sp³-hybridized carbons (Fsp3) is 0.125. The number of amides is 1. The van der Waals surface area contributed by atoms with Gasteiger partial charge in [-0.3, -0.25) is 0 Å². The average molecular weight is 489 g/mol. The van der Waals surface area contributed by atoms with Crippen LogP contribution in [0.5, 0.6) is 5.88 Å². The third-order valence-corrected chi connectivity index (χ3v) is 6.09. The molecule has 176 valence electrons. The molecule has 1 heterocycles. The van der Waals surface area contributed by atoms with Crippen molar-refractivity contribution in [2.45, 2.75) is 29.1 Å². The molecule has 0 aliphatic rings. The highest BCUT2D eigenvalue weighted by atomic mass is 32.2. The van der Waals surface area contributed by atoms with Crippen LogP contribution in [-0.2, 0) is 19.3 Å². The van der Waals surface area contributed by atoms with Crippen molar-refractivity contribution in [2.75, 3.05) is 0 Å². The lowest BCUT2D eigenvalue weighted by Crippen LogP contribution is -2.16. The number of primary amides is 1. The van der Waals surface area contributed by atoms with Crippen LogP contribution in [0.4, 0.5) is 22.4 Å². The SMILES string of the molecule is NC(=O)Oc1[nH]c2cc(CNCc3cccc(C(F)(F)F)c3F)ccc2c1Sc1ccccc1. The van der Waals surface area contributed by atoms with Crippen LogP contribution in [0.25, 0.3) is 10.9 Å². The molecule has 0 saturated carbocycles. The van der Waals surface area contributed by atoms with Gasteiger partial charge in [0.15, 0.2) is 0 Å². The molecule has 3 aromatic carbocycles. The summed E-state index contributed by atoms with van der Waals surface area (Å²) in [4.78, 5) is 16.0. The van der Waals surface area contributed by atoms with Gasteiger partial charge in [-0.05, 0) is 29.8 Å². The minimum absolute atomic E-state index is 0.0746. The number of carbonyl (C=O) groups excluding carboxylic acids is 1. The van der Waals surface area contributed by atoms with Crippen LogP contribution in [0.1, 0.15) is 16.7 Å². The molecule has 0 aliphatic carbocycles. The van der Waals surface area contributed by atoms with Crippen LogP contribution >= 0.6 is 11.8 Å². The molecule has 0 aliphatic heterocycles. The molecule has 1 amide bonds. The summed E-state index contributed by atoms with van der Waals surface area (Å²) in [6.07, 6.45) is -5.70. The maximum atomic E-state index is 14.2. The maximum absolute atomic E-state index is 14.2. The Hall–Kier alpha value is -3.50. The molecule has 4 aromatic rings. The third kappa shape index (κ3) is 5.35. The van der Waals surface area contributed by atoms with E-state index in [4.69, 9.17) is 10.5 Å². The van der Waals surface area contributed by atoms with E-state index in [1.165, 1.54) is 23.9 Å². The predicted octanol–water partition coefficient (Wildman–Crippen LogP) is 6.22. The van der Waals surface area contributed by atoms with Gasteiger partial charge in [0.2, 0.25) is 5.88 Å². The van der Waals surface area contributed by atoms with Gasteiger partial charge in [-0.1, -0.05) is 54.2 Å². The highest BCUT2D eigenvalue weighted by molar-refractivity contribution is 7.99. The van der Waals surface area contributed by atoms with Gasteiger partial charge >= 0.3 is 12.3 Å². The molecule has 4 rings (SSSR count). The summed E-state index contributed by atoms with van der Waals surface area (Å²) in [7, 11) is 0. The summed E-state index contributed by atoms with van der Waals surface area (Å²) >= 11 is 1.41. The Balaban J connectivity index is 1.53. The van der Waals surface area contributed by atoms with E-state index in [-0.39, 0.29) is 24.5 Å². The first-order valence-electron chi connectivity index (χ1n) is 10.1. The molecule has 0 unspecified atom stereocenters. The number of hydrogen-bond donors (Lipinski definition) is 3. The van der Waals surface area contributed by atoms with E-state index in [1.54, 1.807) is 0 Å². The fourth-order valence-electron chi connectivity index (χ4n) is 3.46. The fourth-order valence-corrected chi connectivity index (χ4v) is 4.46. The van der Waals surface area contributed by atoms with Crippen LogP contribution in [0.15, 0.2) is 76.5 Å². The number of fused-ring (bicyclic) bond motifs is 1. The third-order valence-electron chi connectivity index (χ3n) is 4.98. The Morgan fingerprint density at radius 2 is 1.79 bits per heavy atom. The van der Waals surface area contributed by atoms with Crippen molar-refractivity contribution in [3.63, 3.8) is 0 Å². The summed E-state index contributed by atoms with van der Waals surface area (Å²) < 4.78 is 58.1. The second-order valence-corrected chi connectivity index (χ2v) is 8.46. The van der Waals surface area contributed by atoms with Crippen molar-refractivity contribution in [1.29, 1.82) is 0 Å². The number of nitrogens with two attached hydrogens (primary N) is 1. The summed E-state index contributed by atoms with van der Waals surface area (Å²) in [6.45, 7) is 0.196. The lowest BCUT2D eigenvalue weighted by Gasteiger charge is -2.12. The van der Waals surface area contributed by atoms with Gasteiger partial charge in [0, 0.05) is 34.5 Å². The second kappa shape index (κ2) is 9.78. The molecule has 0 radical (unpaired) electrons. The minimum Gasteiger partial charge on any atom is -0.392 e. The van der Waals surface area contributed by atoms with Gasteiger partial charge in [-0.25, -0.2) is 9.18 Å². The van der Waals surface area contributed by atoms with E-state index in [0.29, 0.717) is 10.4 Å². The van der Waals surface area contributed by atoms with Crippen molar-refractivity contribution in [2.24, 2.45) is 5.73 Å². The Kier molecular flexibility index (Phi) is 6.80. The highest BCUT2D eigenvalue weighted by Gasteiger charge is 2.34. The number of halogens is 4. The summed E-state index contributed by atoms with van der Waals surface area (Å²) in [5.74, 6) is -1.06. The maximum Gasteiger partial charge on any atom is 0.419 e. The van der Waals surface area contributed by atoms with E-state index in [0.717, 1.165) is 21.9 Å². The molecular weight excluding hydrogens is 470 g/mol. The Bertz CT molecular complexity index is 1320. The van der Waals surface area contributed by atoms with E-state index >= 15 is 0 Å². The van der Waals surface area contributed by atoms with E-state index < -0.39 is 23.7 Å². The topological polar surface area (TPSA) is 80.1 Å². The first-order chi connectivity index (χ1) is 16.2.